The maximum absolute atomic E-state index is 6.56. The summed E-state index contributed by atoms with van der Waals surface area (Å²) in [5, 5.41) is 1.13. The van der Waals surface area contributed by atoms with Crippen LogP contribution in [0.15, 0.2) is 65.3 Å². The van der Waals surface area contributed by atoms with Crippen molar-refractivity contribution < 1.29 is 0 Å². The molecule has 2 aromatic carbocycles. The molecule has 0 radical (unpaired) electrons. The number of pyridine rings is 1. The summed E-state index contributed by atoms with van der Waals surface area (Å²) in [6.45, 7) is 2.03. The first-order valence-electron chi connectivity index (χ1n) is 6.47. The van der Waals surface area contributed by atoms with Gasteiger partial charge in [0.2, 0.25) is 0 Å². The highest BCUT2D eigenvalue weighted by Crippen LogP contribution is 2.29. The molecule has 0 fully saturated rings. The molecule has 2 N–H and O–H groups in total. The molecule has 0 amide bonds. The molecule has 0 aliphatic rings. The van der Waals surface area contributed by atoms with E-state index in [0.29, 0.717) is 0 Å². The summed E-state index contributed by atoms with van der Waals surface area (Å²) in [6.07, 6.45) is 1.81. The summed E-state index contributed by atoms with van der Waals surface area (Å²) >= 11 is 3.45. The number of halogens is 1. The van der Waals surface area contributed by atoms with Gasteiger partial charge in [-0.25, -0.2) is 0 Å². The summed E-state index contributed by atoms with van der Waals surface area (Å²) in [7, 11) is 0. The van der Waals surface area contributed by atoms with Crippen molar-refractivity contribution in [2.75, 3.05) is 0 Å². The molecule has 100 valence electrons. The summed E-state index contributed by atoms with van der Waals surface area (Å²) in [6, 6.07) is 18.3. The van der Waals surface area contributed by atoms with Gasteiger partial charge in [0, 0.05) is 16.1 Å². The molecular weight excluding hydrogens is 312 g/mol. The average molecular weight is 327 g/mol. The second-order valence-electron chi connectivity index (χ2n) is 5.12. The lowest BCUT2D eigenvalue weighted by molar-refractivity contribution is 0.604. The summed E-state index contributed by atoms with van der Waals surface area (Å²) < 4.78 is 1.05. The van der Waals surface area contributed by atoms with Crippen LogP contribution in [0.4, 0.5) is 0 Å². The van der Waals surface area contributed by atoms with Crippen molar-refractivity contribution in [3.63, 3.8) is 0 Å². The number of benzene rings is 2. The van der Waals surface area contributed by atoms with Crippen LogP contribution in [0, 0.1) is 0 Å². The molecule has 2 nitrogen and oxygen atoms in total. The van der Waals surface area contributed by atoms with E-state index in [1.54, 1.807) is 6.20 Å². The fourth-order valence-electron chi connectivity index (χ4n) is 2.35. The summed E-state index contributed by atoms with van der Waals surface area (Å²) in [5.74, 6) is 0. The number of nitrogens with two attached hydrogens (primary N) is 1. The van der Waals surface area contributed by atoms with E-state index in [0.717, 1.165) is 26.5 Å². The molecule has 0 aliphatic carbocycles. The van der Waals surface area contributed by atoms with E-state index in [9.17, 15) is 0 Å². The first-order valence-corrected chi connectivity index (χ1v) is 7.27. The van der Waals surface area contributed by atoms with E-state index in [1.807, 2.05) is 37.3 Å². The second-order valence-corrected chi connectivity index (χ2v) is 6.04. The lowest BCUT2D eigenvalue weighted by atomic mass is 9.85. The van der Waals surface area contributed by atoms with E-state index in [2.05, 4.69) is 45.2 Å². The van der Waals surface area contributed by atoms with Gasteiger partial charge in [-0.3, -0.25) is 4.98 Å². The number of nitrogens with zero attached hydrogens (tertiary/aromatic N) is 1. The third-order valence-corrected chi connectivity index (χ3v) is 4.18. The van der Waals surface area contributed by atoms with Crippen molar-refractivity contribution in [3.8, 4) is 0 Å². The van der Waals surface area contributed by atoms with Gasteiger partial charge in [0.05, 0.1) is 11.1 Å². The predicted octanol–water partition coefficient (Wildman–Crippen LogP) is 4.22. The van der Waals surface area contributed by atoms with Crippen LogP contribution in [0.5, 0.6) is 0 Å². The minimum Gasteiger partial charge on any atom is -0.318 e. The summed E-state index contributed by atoms with van der Waals surface area (Å²) in [4.78, 5) is 4.40. The Bertz CT molecular complexity index is 748. The SMILES string of the molecule is CC(N)(c1ccc(Br)cc1)c1ccc2cccnc2c1. The predicted molar refractivity (Wildman–Crippen MR) is 86.5 cm³/mol. The van der Waals surface area contributed by atoms with Crippen LogP contribution in [-0.2, 0) is 5.54 Å². The van der Waals surface area contributed by atoms with Crippen molar-refractivity contribution in [1.82, 2.24) is 4.98 Å². The first-order chi connectivity index (χ1) is 9.57. The van der Waals surface area contributed by atoms with Crippen molar-refractivity contribution in [2.24, 2.45) is 5.73 Å². The van der Waals surface area contributed by atoms with Crippen LogP contribution in [0.3, 0.4) is 0 Å². The molecule has 1 aromatic heterocycles. The number of aromatic nitrogens is 1. The van der Waals surface area contributed by atoms with Gasteiger partial charge in [-0.15, -0.1) is 0 Å². The Hall–Kier alpha value is -1.71. The van der Waals surface area contributed by atoms with Crippen LogP contribution in [0.25, 0.3) is 10.9 Å². The van der Waals surface area contributed by atoms with E-state index >= 15 is 0 Å². The highest BCUT2D eigenvalue weighted by atomic mass is 79.9. The van der Waals surface area contributed by atoms with Crippen molar-refractivity contribution in [3.05, 3.63) is 76.4 Å². The van der Waals surface area contributed by atoms with Crippen LogP contribution < -0.4 is 5.73 Å². The van der Waals surface area contributed by atoms with Crippen LogP contribution in [-0.4, -0.2) is 4.98 Å². The monoisotopic (exact) mass is 326 g/mol. The zero-order chi connectivity index (χ0) is 14.2. The van der Waals surface area contributed by atoms with Gasteiger partial charge in [0.15, 0.2) is 0 Å². The topological polar surface area (TPSA) is 38.9 Å². The zero-order valence-electron chi connectivity index (χ0n) is 11.2. The Balaban J connectivity index is 2.10. The molecule has 1 heterocycles. The highest BCUT2D eigenvalue weighted by molar-refractivity contribution is 9.10. The van der Waals surface area contributed by atoms with Gasteiger partial charge in [-0.1, -0.05) is 46.3 Å². The normalized spacial score (nSPS) is 14.2. The molecule has 3 heteroatoms. The number of hydrogen-bond acceptors (Lipinski definition) is 2. The van der Waals surface area contributed by atoms with Gasteiger partial charge < -0.3 is 5.73 Å². The van der Waals surface area contributed by atoms with Crippen molar-refractivity contribution >= 4 is 26.8 Å². The number of fused-ring (bicyclic) bond motifs is 1. The van der Waals surface area contributed by atoms with E-state index < -0.39 is 5.54 Å². The fraction of sp³-hybridized carbons (Fsp3) is 0.118. The maximum atomic E-state index is 6.56. The van der Waals surface area contributed by atoms with Crippen molar-refractivity contribution in [1.29, 1.82) is 0 Å². The second kappa shape index (κ2) is 5.00. The smallest absolute Gasteiger partial charge is 0.0705 e. The standard InChI is InChI=1S/C17H15BrN2/c1-17(19,13-6-8-15(18)9-7-13)14-5-4-12-3-2-10-20-16(12)11-14/h2-11H,19H2,1H3. The molecule has 0 spiro atoms. The molecule has 3 rings (SSSR count). The Morgan fingerprint density at radius 1 is 1.00 bits per heavy atom. The van der Waals surface area contributed by atoms with Gasteiger partial charge in [0.25, 0.3) is 0 Å². The first kappa shape index (κ1) is 13.3. The largest absolute Gasteiger partial charge is 0.318 e. The lowest BCUT2D eigenvalue weighted by Gasteiger charge is -2.26. The molecule has 0 bridgehead atoms. The van der Waals surface area contributed by atoms with E-state index in [4.69, 9.17) is 5.73 Å². The third-order valence-electron chi connectivity index (χ3n) is 3.65. The Morgan fingerprint density at radius 2 is 1.70 bits per heavy atom. The minimum atomic E-state index is -0.535. The molecule has 0 saturated carbocycles. The van der Waals surface area contributed by atoms with Crippen molar-refractivity contribution in [2.45, 2.75) is 12.5 Å². The minimum absolute atomic E-state index is 0.535. The average Bonchev–Trinajstić information content (AvgIpc) is 2.47. The number of rotatable bonds is 2. The Kier molecular flexibility index (Phi) is 3.32. The van der Waals surface area contributed by atoms with Gasteiger partial charge in [0.1, 0.15) is 0 Å². The Labute approximate surface area is 126 Å². The van der Waals surface area contributed by atoms with Gasteiger partial charge in [-0.2, -0.15) is 0 Å². The quantitative estimate of drug-likeness (QED) is 0.765. The van der Waals surface area contributed by atoms with Crippen LogP contribution in [0.1, 0.15) is 18.1 Å². The third kappa shape index (κ3) is 2.35. The Morgan fingerprint density at radius 3 is 2.45 bits per heavy atom. The summed E-state index contributed by atoms with van der Waals surface area (Å²) in [5.41, 5.74) is 9.13. The molecule has 3 aromatic rings. The van der Waals surface area contributed by atoms with Crippen LogP contribution >= 0.6 is 15.9 Å². The zero-order valence-corrected chi connectivity index (χ0v) is 12.8. The van der Waals surface area contributed by atoms with Gasteiger partial charge >= 0.3 is 0 Å². The molecule has 1 unspecified atom stereocenters. The lowest BCUT2D eigenvalue weighted by Crippen LogP contribution is -2.34. The fourth-order valence-corrected chi connectivity index (χ4v) is 2.62. The molecular formula is C17H15BrN2. The van der Waals surface area contributed by atoms with E-state index in [-0.39, 0.29) is 0 Å². The molecule has 20 heavy (non-hydrogen) atoms. The molecule has 0 aliphatic heterocycles. The van der Waals surface area contributed by atoms with Crippen LogP contribution in [0.2, 0.25) is 0 Å². The highest BCUT2D eigenvalue weighted by Gasteiger charge is 2.23. The number of hydrogen-bond donors (Lipinski definition) is 1. The maximum Gasteiger partial charge on any atom is 0.0705 e. The molecule has 0 saturated heterocycles. The van der Waals surface area contributed by atoms with Gasteiger partial charge in [-0.05, 0) is 42.3 Å². The molecule has 1 atom stereocenters. The van der Waals surface area contributed by atoms with E-state index in [1.165, 1.54) is 0 Å².